The summed E-state index contributed by atoms with van der Waals surface area (Å²) in [7, 11) is 0. The standard InChI is InChI=1S/C18H18N2O3/c1-11-14(10-21)20-8-4-7-16(18(20)19-11)23-17-13-6-3-2-5-12(13)9-15(17)22/h2-8,15,17,21-22H,9-10H2,1H3/t15-,17-/m1/s1. The summed E-state index contributed by atoms with van der Waals surface area (Å²) in [5, 5.41) is 19.9. The van der Waals surface area contributed by atoms with Gasteiger partial charge in [0.05, 0.1) is 24.1 Å². The van der Waals surface area contributed by atoms with Gasteiger partial charge in [0.1, 0.15) is 0 Å². The molecule has 0 fully saturated rings. The molecule has 4 rings (SSSR count). The van der Waals surface area contributed by atoms with Gasteiger partial charge < -0.3 is 14.9 Å². The molecule has 118 valence electrons. The smallest absolute Gasteiger partial charge is 0.180 e. The normalized spacial score (nSPS) is 20.0. The van der Waals surface area contributed by atoms with Crippen LogP contribution in [-0.4, -0.2) is 25.7 Å². The van der Waals surface area contributed by atoms with Gasteiger partial charge in [0, 0.05) is 12.6 Å². The van der Waals surface area contributed by atoms with Crippen LogP contribution in [0.1, 0.15) is 28.6 Å². The first kappa shape index (κ1) is 14.2. The number of hydrogen-bond donors (Lipinski definition) is 2. The van der Waals surface area contributed by atoms with E-state index in [0.29, 0.717) is 17.8 Å². The molecular formula is C18H18N2O3. The lowest BCUT2D eigenvalue weighted by molar-refractivity contribution is 0.0502. The van der Waals surface area contributed by atoms with E-state index in [9.17, 15) is 10.2 Å². The molecule has 1 aliphatic carbocycles. The monoisotopic (exact) mass is 310 g/mol. The summed E-state index contributed by atoms with van der Waals surface area (Å²) in [5.41, 5.74) is 4.32. The van der Waals surface area contributed by atoms with Gasteiger partial charge in [-0.05, 0) is 30.2 Å². The highest BCUT2D eigenvalue weighted by Crippen LogP contribution is 2.36. The highest BCUT2D eigenvalue weighted by Gasteiger charge is 2.33. The van der Waals surface area contributed by atoms with Gasteiger partial charge in [0.25, 0.3) is 0 Å². The Bertz CT molecular complexity index is 872. The van der Waals surface area contributed by atoms with Gasteiger partial charge in [-0.2, -0.15) is 0 Å². The van der Waals surface area contributed by atoms with Crippen LogP contribution in [0.2, 0.25) is 0 Å². The van der Waals surface area contributed by atoms with E-state index in [1.54, 1.807) is 0 Å². The number of benzene rings is 1. The second kappa shape index (κ2) is 5.37. The summed E-state index contributed by atoms with van der Waals surface area (Å²) in [6, 6.07) is 11.6. The van der Waals surface area contributed by atoms with E-state index in [0.717, 1.165) is 22.5 Å². The van der Waals surface area contributed by atoms with Crippen molar-refractivity contribution in [3.8, 4) is 5.75 Å². The van der Waals surface area contributed by atoms with Gasteiger partial charge in [0.15, 0.2) is 17.5 Å². The molecule has 0 saturated heterocycles. The second-order valence-corrected chi connectivity index (χ2v) is 5.88. The molecular weight excluding hydrogens is 292 g/mol. The lowest BCUT2D eigenvalue weighted by Crippen LogP contribution is -2.19. The van der Waals surface area contributed by atoms with Crippen LogP contribution in [0, 0.1) is 6.92 Å². The number of nitrogens with zero attached hydrogens (tertiary/aromatic N) is 2. The number of aryl methyl sites for hydroxylation is 1. The summed E-state index contributed by atoms with van der Waals surface area (Å²) in [4.78, 5) is 4.50. The predicted octanol–water partition coefficient (Wildman–Crippen LogP) is 2.17. The van der Waals surface area contributed by atoms with E-state index in [-0.39, 0.29) is 6.61 Å². The van der Waals surface area contributed by atoms with E-state index in [2.05, 4.69) is 4.98 Å². The predicted molar refractivity (Wildman–Crippen MR) is 85.4 cm³/mol. The molecule has 1 aromatic carbocycles. The minimum Gasteiger partial charge on any atom is -0.479 e. The van der Waals surface area contributed by atoms with Crippen LogP contribution < -0.4 is 4.74 Å². The molecule has 0 unspecified atom stereocenters. The second-order valence-electron chi connectivity index (χ2n) is 5.88. The Labute approximate surface area is 133 Å². The number of hydrogen-bond acceptors (Lipinski definition) is 4. The third kappa shape index (κ3) is 2.20. The SMILES string of the molecule is Cc1nc2c(O[C@@H]3c4ccccc4C[C@H]3O)cccn2c1CO. The molecule has 2 atom stereocenters. The fraction of sp³-hybridized carbons (Fsp3) is 0.278. The van der Waals surface area contributed by atoms with Gasteiger partial charge in [0.2, 0.25) is 0 Å². The number of pyridine rings is 1. The maximum atomic E-state index is 10.4. The number of aromatic nitrogens is 2. The molecule has 2 aromatic heterocycles. The molecule has 0 bridgehead atoms. The third-order valence-corrected chi connectivity index (χ3v) is 4.46. The Balaban J connectivity index is 1.77. The number of aliphatic hydroxyl groups excluding tert-OH is 2. The maximum Gasteiger partial charge on any atom is 0.180 e. The lowest BCUT2D eigenvalue weighted by atomic mass is 10.1. The van der Waals surface area contributed by atoms with Crippen molar-refractivity contribution >= 4 is 5.65 Å². The first-order valence-corrected chi connectivity index (χ1v) is 7.69. The minimum atomic E-state index is -0.568. The fourth-order valence-electron chi connectivity index (χ4n) is 3.30. The van der Waals surface area contributed by atoms with E-state index < -0.39 is 12.2 Å². The van der Waals surface area contributed by atoms with Crippen LogP contribution in [0.25, 0.3) is 5.65 Å². The van der Waals surface area contributed by atoms with Crippen LogP contribution >= 0.6 is 0 Å². The van der Waals surface area contributed by atoms with Crippen molar-refractivity contribution in [3.63, 3.8) is 0 Å². The van der Waals surface area contributed by atoms with Crippen LogP contribution in [-0.2, 0) is 13.0 Å². The third-order valence-electron chi connectivity index (χ3n) is 4.46. The zero-order chi connectivity index (χ0) is 16.0. The van der Waals surface area contributed by atoms with Crippen molar-refractivity contribution in [1.82, 2.24) is 9.38 Å². The molecule has 23 heavy (non-hydrogen) atoms. The molecule has 0 aliphatic heterocycles. The van der Waals surface area contributed by atoms with Gasteiger partial charge >= 0.3 is 0 Å². The minimum absolute atomic E-state index is 0.0780. The van der Waals surface area contributed by atoms with Crippen molar-refractivity contribution in [3.05, 3.63) is 65.1 Å². The van der Waals surface area contributed by atoms with Crippen LogP contribution in [0.5, 0.6) is 5.75 Å². The summed E-state index contributed by atoms with van der Waals surface area (Å²) in [6.45, 7) is 1.79. The van der Waals surface area contributed by atoms with E-state index in [1.165, 1.54) is 0 Å². The van der Waals surface area contributed by atoms with Crippen LogP contribution in [0.4, 0.5) is 0 Å². The molecule has 0 amide bonds. The molecule has 5 nitrogen and oxygen atoms in total. The number of imidazole rings is 1. The average molecular weight is 310 g/mol. The molecule has 2 heterocycles. The van der Waals surface area contributed by atoms with Crippen LogP contribution in [0.3, 0.4) is 0 Å². The van der Waals surface area contributed by atoms with E-state index in [4.69, 9.17) is 4.74 Å². The van der Waals surface area contributed by atoms with Gasteiger partial charge in [-0.1, -0.05) is 24.3 Å². The topological polar surface area (TPSA) is 67.0 Å². The number of ether oxygens (including phenoxy) is 1. The van der Waals surface area contributed by atoms with Crippen molar-refractivity contribution in [1.29, 1.82) is 0 Å². The molecule has 0 radical (unpaired) electrons. The molecule has 3 aromatic rings. The molecule has 1 aliphatic rings. The molecule has 0 spiro atoms. The first-order valence-electron chi connectivity index (χ1n) is 7.69. The Morgan fingerprint density at radius 3 is 2.91 bits per heavy atom. The van der Waals surface area contributed by atoms with E-state index >= 15 is 0 Å². The highest BCUT2D eigenvalue weighted by atomic mass is 16.5. The van der Waals surface area contributed by atoms with Crippen molar-refractivity contribution in [2.75, 3.05) is 0 Å². The quantitative estimate of drug-likeness (QED) is 0.778. The summed E-state index contributed by atoms with van der Waals surface area (Å²) >= 11 is 0. The van der Waals surface area contributed by atoms with Gasteiger partial charge in [-0.3, -0.25) is 4.40 Å². The number of aliphatic hydroxyl groups is 2. The summed E-state index contributed by atoms with van der Waals surface area (Å²) in [5.74, 6) is 0.607. The molecule has 2 N–H and O–H groups in total. The Morgan fingerprint density at radius 2 is 2.09 bits per heavy atom. The largest absolute Gasteiger partial charge is 0.479 e. The highest BCUT2D eigenvalue weighted by molar-refractivity contribution is 5.56. The lowest BCUT2D eigenvalue weighted by Gasteiger charge is -2.18. The number of rotatable bonds is 3. The zero-order valence-corrected chi connectivity index (χ0v) is 12.8. The Kier molecular flexibility index (Phi) is 3.32. The molecule has 5 heteroatoms. The fourth-order valence-corrected chi connectivity index (χ4v) is 3.30. The summed E-state index contributed by atoms with van der Waals surface area (Å²) < 4.78 is 7.96. The van der Waals surface area contributed by atoms with Crippen molar-refractivity contribution < 1.29 is 14.9 Å². The van der Waals surface area contributed by atoms with Gasteiger partial charge in [-0.25, -0.2) is 4.98 Å². The molecule has 0 saturated carbocycles. The summed E-state index contributed by atoms with van der Waals surface area (Å²) in [6.07, 6.45) is 1.49. The van der Waals surface area contributed by atoms with Crippen molar-refractivity contribution in [2.24, 2.45) is 0 Å². The van der Waals surface area contributed by atoms with Gasteiger partial charge in [-0.15, -0.1) is 0 Å². The average Bonchev–Trinajstić information content (AvgIpc) is 3.04. The van der Waals surface area contributed by atoms with E-state index in [1.807, 2.05) is 53.9 Å². The zero-order valence-electron chi connectivity index (χ0n) is 12.8. The maximum absolute atomic E-state index is 10.4. The first-order chi connectivity index (χ1) is 11.2. The Morgan fingerprint density at radius 1 is 1.26 bits per heavy atom. The Hall–Kier alpha value is -2.37. The van der Waals surface area contributed by atoms with Crippen molar-refractivity contribution in [2.45, 2.75) is 32.2 Å². The van der Waals surface area contributed by atoms with Crippen LogP contribution in [0.15, 0.2) is 42.6 Å². The number of fused-ring (bicyclic) bond motifs is 2.